The van der Waals surface area contributed by atoms with Gasteiger partial charge in [0.25, 0.3) is 0 Å². The highest BCUT2D eigenvalue weighted by molar-refractivity contribution is 6.03. The van der Waals surface area contributed by atoms with E-state index in [-0.39, 0.29) is 5.78 Å². The summed E-state index contributed by atoms with van der Waals surface area (Å²) in [5, 5.41) is 0. The van der Waals surface area contributed by atoms with E-state index in [1.165, 1.54) is 6.92 Å². The minimum absolute atomic E-state index is 0.115. The highest BCUT2D eigenvalue weighted by Gasteiger charge is 2.31. The molecular weight excluding hydrogens is 436 g/mol. The first-order chi connectivity index (χ1) is 16.6. The van der Waals surface area contributed by atoms with Crippen LogP contribution in [0.5, 0.6) is 23.0 Å². The Balaban J connectivity index is 1.84. The van der Waals surface area contributed by atoms with Crippen LogP contribution in [0.3, 0.4) is 0 Å². The number of hydrogen-bond acceptors (Lipinski definition) is 7. The van der Waals surface area contributed by atoms with Crippen LogP contribution in [0.2, 0.25) is 0 Å². The minimum Gasteiger partial charge on any atom is -0.493 e. The summed E-state index contributed by atoms with van der Waals surface area (Å²) in [6, 6.07) is 17.1. The fourth-order valence-electron chi connectivity index (χ4n) is 4.04. The van der Waals surface area contributed by atoms with Gasteiger partial charge in [0.2, 0.25) is 5.75 Å². The SMILES string of the molecule is COc1cc(C2OCCO2)c(-c2ccc(OCc3ccccc3)cc2C(C)=O)c(OC)c1OC. The molecule has 178 valence electrons. The lowest BCUT2D eigenvalue weighted by Crippen LogP contribution is -2.08. The predicted octanol–water partition coefficient (Wildman–Crippen LogP) is 5.21. The van der Waals surface area contributed by atoms with Crippen molar-refractivity contribution in [3.8, 4) is 34.1 Å². The second-order valence-corrected chi connectivity index (χ2v) is 7.72. The van der Waals surface area contributed by atoms with E-state index >= 15 is 0 Å². The molecule has 0 amide bonds. The van der Waals surface area contributed by atoms with Gasteiger partial charge in [-0.25, -0.2) is 0 Å². The first kappa shape index (κ1) is 23.6. The summed E-state index contributed by atoms with van der Waals surface area (Å²) >= 11 is 0. The maximum absolute atomic E-state index is 12.8. The van der Waals surface area contributed by atoms with Crippen LogP contribution in [-0.4, -0.2) is 40.3 Å². The second kappa shape index (κ2) is 10.6. The minimum atomic E-state index is -0.627. The Hall–Kier alpha value is -3.55. The van der Waals surface area contributed by atoms with Crippen molar-refractivity contribution in [2.75, 3.05) is 34.5 Å². The van der Waals surface area contributed by atoms with Crippen molar-refractivity contribution in [3.05, 3.63) is 71.3 Å². The van der Waals surface area contributed by atoms with Crippen LogP contribution in [0.1, 0.15) is 34.7 Å². The van der Waals surface area contributed by atoms with E-state index in [0.717, 1.165) is 5.56 Å². The van der Waals surface area contributed by atoms with Gasteiger partial charge in [0, 0.05) is 16.7 Å². The summed E-state index contributed by atoms with van der Waals surface area (Å²) in [4.78, 5) is 12.8. The zero-order valence-corrected chi connectivity index (χ0v) is 19.8. The van der Waals surface area contributed by atoms with Gasteiger partial charge >= 0.3 is 0 Å². The standard InChI is InChI=1S/C27H28O7/c1-17(28)21-14-19(34-16-18-8-6-5-7-9-18)10-11-20(21)24-22(27-32-12-13-33-27)15-23(29-2)25(30-3)26(24)31-4/h5-11,14-15,27H,12-13,16H2,1-4H3. The number of ketones is 1. The van der Waals surface area contributed by atoms with Crippen LogP contribution in [-0.2, 0) is 16.1 Å². The molecule has 1 fully saturated rings. The van der Waals surface area contributed by atoms with Crippen molar-refractivity contribution in [3.63, 3.8) is 0 Å². The summed E-state index contributed by atoms with van der Waals surface area (Å²) in [5.41, 5.74) is 3.51. The third-order valence-electron chi connectivity index (χ3n) is 5.62. The Bertz CT molecular complexity index is 1150. The summed E-state index contributed by atoms with van der Waals surface area (Å²) in [5.74, 6) is 1.80. The average Bonchev–Trinajstić information content (AvgIpc) is 3.41. The van der Waals surface area contributed by atoms with Crippen LogP contribution >= 0.6 is 0 Å². The molecule has 0 aliphatic carbocycles. The van der Waals surface area contributed by atoms with Gasteiger partial charge in [-0.15, -0.1) is 0 Å². The maximum atomic E-state index is 12.8. The fourth-order valence-corrected chi connectivity index (χ4v) is 4.04. The number of carbonyl (C=O) groups excluding carboxylic acids is 1. The van der Waals surface area contributed by atoms with E-state index in [2.05, 4.69) is 0 Å². The van der Waals surface area contributed by atoms with E-state index in [1.54, 1.807) is 33.5 Å². The van der Waals surface area contributed by atoms with Crippen LogP contribution in [0.15, 0.2) is 54.6 Å². The average molecular weight is 465 g/mol. The Kier molecular flexibility index (Phi) is 7.35. The number of rotatable bonds is 9. The largest absolute Gasteiger partial charge is 0.493 e. The molecule has 1 aliphatic rings. The molecule has 0 aromatic heterocycles. The molecule has 0 bridgehead atoms. The summed E-state index contributed by atoms with van der Waals surface area (Å²) < 4.78 is 34.5. The van der Waals surface area contributed by atoms with Crippen molar-refractivity contribution in [2.24, 2.45) is 0 Å². The molecule has 3 aromatic carbocycles. The molecule has 1 saturated heterocycles. The van der Waals surface area contributed by atoms with Gasteiger partial charge in [0.05, 0.1) is 34.5 Å². The van der Waals surface area contributed by atoms with Gasteiger partial charge in [-0.3, -0.25) is 4.79 Å². The Morgan fingerprint density at radius 2 is 1.62 bits per heavy atom. The molecule has 0 N–H and O–H groups in total. The van der Waals surface area contributed by atoms with Crippen LogP contribution in [0.4, 0.5) is 0 Å². The Morgan fingerprint density at radius 3 is 2.24 bits per heavy atom. The zero-order valence-electron chi connectivity index (χ0n) is 19.8. The molecule has 0 unspecified atom stereocenters. The summed E-state index contributed by atoms with van der Waals surface area (Å²) in [6.45, 7) is 2.85. The van der Waals surface area contributed by atoms with E-state index in [4.69, 9.17) is 28.4 Å². The van der Waals surface area contributed by atoms with Crippen LogP contribution < -0.4 is 18.9 Å². The highest BCUT2D eigenvalue weighted by Crippen LogP contribution is 2.50. The molecule has 3 aromatic rings. The molecule has 1 heterocycles. The number of methoxy groups -OCH3 is 3. The van der Waals surface area contributed by atoms with Crippen molar-refractivity contribution in [2.45, 2.75) is 19.8 Å². The van der Waals surface area contributed by atoms with Gasteiger partial charge < -0.3 is 28.4 Å². The van der Waals surface area contributed by atoms with Gasteiger partial charge in [-0.05, 0) is 42.3 Å². The van der Waals surface area contributed by atoms with Gasteiger partial charge in [-0.1, -0.05) is 30.3 Å². The molecule has 7 nitrogen and oxygen atoms in total. The van der Waals surface area contributed by atoms with Crippen molar-refractivity contribution < 1.29 is 33.2 Å². The lowest BCUT2D eigenvalue weighted by Gasteiger charge is -2.23. The van der Waals surface area contributed by atoms with Crippen molar-refractivity contribution >= 4 is 5.78 Å². The molecule has 0 radical (unpaired) electrons. The molecule has 34 heavy (non-hydrogen) atoms. The molecule has 4 rings (SSSR count). The maximum Gasteiger partial charge on any atom is 0.203 e. The molecule has 0 saturated carbocycles. The third kappa shape index (κ3) is 4.71. The van der Waals surface area contributed by atoms with E-state index in [1.807, 2.05) is 42.5 Å². The molecule has 7 heteroatoms. The lowest BCUT2D eigenvalue weighted by molar-refractivity contribution is -0.0439. The van der Waals surface area contributed by atoms with Gasteiger partial charge in [0.15, 0.2) is 23.6 Å². The van der Waals surface area contributed by atoms with Crippen LogP contribution in [0.25, 0.3) is 11.1 Å². The third-order valence-corrected chi connectivity index (χ3v) is 5.62. The summed E-state index contributed by atoms with van der Waals surface area (Å²) in [7, 11) is 4.64. The molecule has 0 spiro atoms. The number of Topliss-reactive ketones (excluding diaryl/α,β-unsaturated/α-hetero) is 1. The fraction of sp³-hybridized carbons (Fsp3) is 0.296. The smallest absolute Gasteiger partial charge is 0.203 e. The highest BCUT2D eigenvalue weighted by atomic mass is 16.7. The number of hydrogen-bond donors (Lipinski definition) is 0. The predicted molar refractivity (Wildman–Crippen MR) is 127 cm³/mol. The molecular formula is C27H28O7. The van der Waals surface area contributed by atoms with E-state index < -0.39 is 6.29 Å². The van der Waals surface area contributed by atoms with Gasteiger partial charge in [0.1, 0.15) is 12.4 Å². The van der Waals surface area contributed by atoms with E-state index in [9.17, 15) is 4.79 Å². The van der Waals surface area contributed by atoms with E-state index in [0.29, 0.717) is 65.1 Å². The topological polar surface area (TPSA) is 72.5 Å². The number of carbonyl (C=O) groups is 1. The number of ether oxygens (including phenoxy) is 6. The summed E-state index contributed by atoms with van der Waals surface area (Å²) in [6.07, 6.45) is -0.627. The lowest BCUT2D eigenvalue weighted by atomic mass is 9.91. The second-order valence-electron chi connectivity index (χ2n) is 7.72. The van der Waals surface area contributed by atoms with Crippen molar-refractivity contribution in [1.82, 2.24) is 0 Å². The monoisotopic (exact) mass is 464 g/mol. The molecule has 1 aliphatic heterocycles. The zero-order chi connectivity index (χ0) is 24.1. The Labute approximate surface area is 199 Å². The quantitative estimate of drug-likeness (QED) is 0.403. The first-order valence-corrected chi connectivity index (χ1v) is 11.0. The molecule has 0 atom stereocenters. The van der Waals surface area contributed by atoms with Crippen molar-refractivity contribution in [1.29, 1.82) is 0 Å². The van der Waals surface area contributed by atoms with Crippen LogP contribution in [0, 0.1) is 0 Å². The van der Waals surface area contributed by atoms with Gasteiger partial charge in [-0.2, -0.15) is 0 Å². The first-order valence-electron chi connectivity index (χ1n) is 11.0. The normalized spacial score (nSPS) is 13.5. The Morgan fingerprint density at radius 1 is 0.912 bits per heavy atom. The number of benzene rings is 3.